The Kier molecular flexibility index (Phi) is 17.0. The first kappa shape index (κ1) is 42.5. The maximum atomic E-state index is 14.1. The van der Waals surface area contributed by atoms with E-state index in [0.717, 1.165) is 12.3 Å². The van der Waals surface area contributed by atoms with E-state index < -0.39 is 63.6 Å². The zero-order valence-corrected chi connectivity index (χ0v) is 27.2. The van der Waals surface area contributed by atoms with Gasteiger partial charge in [0.15, 0.2) is 16.3 Å². The number of hydrogen-bond acceptors (Lipinski definition) is 18. The molecule has 0 aromatic carbocycles. The van der Waals surface area contributed by atoms with Crippen molar-refractivity contribution in [2.24, 2.45) is 0 Å². The molecule has 0 radical (unpaired) electrons. The van der Waals surface area contributed by atoms with Gasteiger partial charge in [0.05, 0.1) is 29.6 Å². The third-order valence-corrected chi connectivity index (χ3v) is 6.70. The standard InChI is InChI=1S/C10H13FN2O7S2.C6H4FNO7S2.C4H11NO/c1-10(2,3)13(14)5-6-7(11)4-8(21-20-19-15)12-9(6)22(16,17)18;7-4-1-5(16-15-14-10)8-6(3(4)2-9)17(11,12)13;1-4(2,3)5-6/h4-5H,1-3H3,(H2-,14,15,16,17,18);1-2,10H,(H,11,12,13);5-6H,1-3H3/p+1. The van der Waals surface area contributed by atoms with Crippen LogP contribution >= 0.6 is 24.1 Å². The number of carbonyl (C=O) groups is 1. The van der Waals surface area contributed by atoms with Gasteiger partial charge in [0.1, 0.15) is 27.2 Å². The molecule has 0 aliphatic rings. The van der Waals surface area contributed by atoms with Crippen molar-refractivity contribution in [3.8, 4) is 0 Å². The zero-order chi connectivity index (χ0) is 35.4. The van der Waals surface area contributed by atoms with Crippen molar-refractivity contribution in [3.05, 3.63) is 34.9 Å². The summed E-state index contributed by atoms with van der Waals surface area (Å²) in [7, 11) is -9.76. The second-order valence-electron chi connectivity index (χ2n) is 9.85. The van der Waals surface area contributed by atoms with Crippen molar-refractivity contribution in [1.29, 1.82) is 0 Å². The van der Waals surface area contributed by atoms with Crippen molar-refractivity contribution < 1.29 is 83.9 Å². The van der Waals surface area contributed by atoms with E-state index in [9.17, 15) is 35.6 Å². The van der Waals surface area contributed by atoms with Crippen LogP contribution in [0.1, 0.15) is 57.5 Å². The van der Waals surface area contributed by atoms with Crippen LogP contribution in [0.3, 0.4) is 0 Å². The fourth-order valence-corrected chi connectivity index (χ4v) is 4.24. The van der Waals surface area contributed by atoms with E-state index in [4.69, 9.17) is 24.8 Å². The van der Waals surface area contributed by atoms with Crippen LogP contribution in [0.25, 0.3) is 0 Å². The van der Waals surface area contributed by atoms with Gasteiger partial charge in [0.25, 0.3) is 0 Å². The molecule has 0 fully saturated rings. The maximum Gasteiger partial charge on any atom is 0.313 e. The number of hydroxylamine groups is 2. The minimum Gasteiger partial charge on any atom is -0.316 e. The van der Waals surface area contributed by atoms with Crippen molar-refractivity contribution in [3.63, 3.8) is 0 Å². The van der Waals surface area contributed by atoms with Gasteiger partial charge in [-0.1, -0.05) is 10.1 Å². The van der Waals surface area contributed by atoms with Gasteiger partial charge in [-0.05, 0) is 25.5 Å². The molecule has 0 spiro atoms. The summed E-state index contributed by atoms with van der Waals surface area (Å²) < 4.78 is 98.0. The summed E-state index contributed by atoms with van der Waals surface area (Å²) in [6.45, 7) is 10.4. The van der Waals surface area contributed by atoms with Crippen LogP contribution in [0.4, 0.5) is 8.78 Å². The minimum atomic E-state index is -4.89. The molecule has 0 saturated heterocycles. The largest absolute Gasteiger partial charge is 0.316 e. The van der Waals surface area contributed by atoms with Crippen LogP contribution in [0, 0.1) is 11.6 Å². The number of hydrogen-bond donors (Lipinski definition) is 7. The summed E-state index contributed by atoms with van der Waals surface area (Å²) in [5.41, 5.74) is -0.465. The van der Waals surface area contributed by atoms with Crippen molar-refractivity contribution in [2.75, 3.05) is 0 Å². The van der Waals surface area contributed by atoms with E-state index in [0.29, 0.717) is 10.8 Å². The smallest absolute Gasteiger partial charge is 0.313 e. The SMILES string of the molecule is CC(C)(C)/[N+](O)=C/c1c(F)cc(SOOO)nc1S(=O)(=O)O.CC(C)(C)NO.O=Cc1c(F)cc(SOOO)nc1S(=O)(=O)O. The van der Waals surface area contributed by atoms with Gasteiger partial charge in [0, 0.05) is 38.4 Å². The average Bonchev–Trinajstić information content (AvgIpc) is 2.90. The molecule has 2 heterocycles. The Bertz CT molecular complexity index is 1550. The summed E-state index contributed by atoms with van der Waals surface area (Å²) in [5.74, 6) is -2.33. The third-order valence-electron chi connectivity index (χ3n) is 4.08. The van der Waals surface area contributed by atoms with E-state index in [2.05, 4.69) is 34.2 Å². The lowest BCUT2D eigenvalue weighted by atomic mass is 10.1. The predicted octanol–water partition coefficient (Wildman–Crippen LogP) is 2.99. The van der Waals surface area contributed by atoms with Gasteiger partial charge in [0.2, 0.25) is 11.8 Å². The molecule has 256 valence electrons. The highest BCUT2D eigenvalue weighted by Crippen LogP contribution is 2.25. The van der Waals surface area contributed by atoms with Crippen LogP contribution in [-0.4, -0.2) is 85.2 Å². The van der Waals surface area contributed by atoms with E-state index in [1.165, 1.54) is 0 Å². The molecule has 25 heteroatoms. The first-order chi connectivity index (χ1) is 20.4. The molecule has 2 aromatic rings. The van der Waals surface area contributed by atoms with E-state index in [1.807, 2.05) is 20.8 Å². The first-order valence-corrected chi connectivity index (χ1v) is 15.6. The molecule has 0 unspecified atom stereocenters. The number of carbonyl (C=O) groups excluding carboxylic acids is 1. The second-order valence-corrected chi connectivity index (χ2v) is 14.0. The summed E-state index contributed by atoms with van der Waals surface area (Å²) in [5, 5.41) is 37.3. The van der Waals surface area contributed by atoms with Gasteiger partial charge in [-0.15, -0.1) is 8.67 Å². The van der Waals surface area contributed by atoms with E-state index in [-0.39, 0.29) is 40.9 Å². The van der Waals surface area contributed by atoms with Crippen LogP contribution < -0.4 is 5.48 Å². The fraction of sp³-hybridized carbons (Fsp3) is 0.400. The molecule has 0 amide bonds. The van der Waals surface area contributed by atoms with E-state index >= 15 is 0 Å². The molecule has 0 bridgehead atoms. The monoisotopic (exact) mass is 731 g/mol. The molecule has 19 nitrogen and oxygen atoms in total. The first-order valence-electron chi connectivity index (χ1n) is 11.3. The van der Waals surface area contributed by atoms with Gasteiger partial charge >= 0.3 is 20.2 Å². The van der Waals surface area contributed by atoms with Crippen molar-refractivity contribution in [2.45, 2.75) is 72.7 Å². The number of nitrogens with zero attached hydrogens (tertiary/aromatic N) is 3. The second kappa shape index (κ2) is 18.0. The maximum absolute atomic E-state index is 14.1. The van der Waals surface area contributed by atoms with Crippen LogP contribution in [0.5, 0.6) is 0 Å². The third kappa shape index (κ3) is 15.6. The summed E-state index contributed by atoms with van der Waals surface area (Å²) >= 11 is 0.378. The number of halogens is 2. The van der Waals surface area contributed by atoms with Crippen molar-refractivity contribution >= 4 is 56.8 Å². The topological polar surface area (TPSA) is 284 Å². The summed E-state index contributed by atoms with van der Waals surface area (Å²) in [4.78, 5) is 17.2. The fourth-order valence-electron chi connectivity index (χ4n) is 2.08. The number of aromatic nitrogens is 2. The Hall–Kier alpha value is -2.50. The Morgan fingerprint density at radius 1 is 0.844 bits per heavy atom. The van der Waals surface area contributed by atoms with Gasteiger partial charge in [-0.3, -0.25) is 19.1 Å². The highest BCUT2D eigenvalue weighted by Gasteiger charge is 2.30. The molecular formula is C20H29F2N4O15S4+. The predicted molar refractivity (Wildman–Crippen MR) is 146 cm³/mol. The molecule has 0 atom stereocenters. The van der Waals surface area contributed by atoms with Gasteiger partial charge in [-0.25, -0.2) is 34.7 Å². The average molecular weight is 732 g/mol. The molecule has 2 rings (SSSR count). The zero-order valence-electron chi connectivity index (χ0n) is 23.9. The lowest BCUT2D eigenvalue weighted by Crippen LogP contribution is -2.32. The highest BCUT2D eigenvalue weighted by molar-refractivity contribution is 7.94. The van der Waals surface area contributed by atoms with Gasteiger partial charge in [-0.2, -0.15) is 16.8 Å². The molecule has 2 aromatic heterocycles. The number of rotatable bonds is 10. The van der Waals surface area contributed by atoms with Crippen LogP contribution in [0.15, 0.2) is 32.2 Å². The normalized spacial score (nSPS) is 12.5. The molecule has 7 N–H and O–H groups in total. The Morgan fingerprint density at radius 2 is 1.20 bits per heavy atom. The summed E-state index contributed by atoms with van der Waals surface area (Å²) in [6.07, 6.45) is 0.673. The molecule has 0 aliphatic heterocycles. The lowest BCUT2D eigenvalue weighted by Gasteiger charge is -2.13. The number of aldehydes is 1. The highest BCUT2D eigenvalue weighted by atomic mass is 32.2. The lowest BCUT2D eigenvalue weighted by molar-refractivity contribution is -0.816. The molecule has 0 saturated carbocycles. The number of pyridine rings is 2. The van der Waals surface area contributed by atoms with Crippen LogP contribution in [-0.2, 0) is 39.0 Å². The number of nitrogens with one attached hydrogen (secondary N) is 1. The molecule has 0 aliphatic carbocycles. The molecule has 45 heavy (non-hydrogen) atoms. The van der Waals surface area contributed by atoms with Crippen LogP contribution in [0.2, 0.25) is 0 Å². The Labute approximate surface area is 263 Å². The Morgan fingerprint density at radius 3 is 1.49 bits per heavy atom. The molecular weight excluding hydrogens is 702 g/mol. The minimum absolute atomic E-state index is 0.108. The van der Waals surface area contributed by atoms with Crippen molar-refractivity contribution in [1.82, 2.24) is 15.4 Å². The summed E-state index contributed by atoms with van der Waals surface area (Å²) in [6, 6.07) is 1.42. The van der Waals surface area contributed by atoms with E-state index in [1.54, 1.807) is 20.8 Å². The Balaban J connectivity index is 0.000000744. The quantitative estimate of drug-likeness (QED) is 0.0270. The van der Waals surface area contributed by atoms with Gasteiger partial charge < -0.3 is 5.21 Å².